The van der Waals surface area contributed by atoms with Gasteiger partial charge in [-0.1, -0.05) is 0 Å². The van der Waals surface area contributed by atoms with E-state index < -0.39 is 0 Å². The van der Waals surface area contributed by atoms with Crippen molar-refractivity contribution in [1.29, 1.82) is 0 Å². The number of hydrogen-bond donors (Lipinski definition) is 1. The molecular weight excluding hydrogens is 435 g/mol. The summed E-state index contributed by atoms with van der Waals surface area (Å²) in [7, 11) is 0. The molecule has 0 radical (unpaired) electrons. The fraction of sp³-hybridized carbons (Fsp3) is 0.0385. The number of rotatable bonds is 5. The van der Waals surface area contributed by atoms with Crippen LogP contribution in [0.4, 0.5) is 0 Å². The molecule has 0 bridgehead atoms. The van der Waals surface area contributed by atoms with Crippen LogP contribution in [0.5, 0.6) is 5.88 Å². The topological polar surface area (TPSA) is 37.5 Å². The Balaban J connectivity index is 1.66. The molecule has 0 unspecified atom stereocenters. The standard InChI is InChI=1S/C26H20N2OSe/c29-26-21(16-19-10-4-1-5-11-19)17-24-25(30-22-14-8-3-9-15-22)27-23(18-28(24)26)20-12-6-2-7-13-20/h1-15,17-18,29H,16H2. The van der Waals surface area contributed by atoms with E-state index in [-0.39, 0.29) is 15.0 Å². The molecule has 0 saturated carbocycles. The van der Waals surface area contributed by atoms with Gasteiger partial charge in [-0.2, -0.15) is 0 Å². The molecule has 4 heteroatoms. The van der Waals surface area contributed by atoms with E-state index in [0.29, 0.717) is 12.3 Å². The van der Waals surface area contributed by atoms with Gasteiger partial charge in [0.1, 0.15) is 0 Å². The van der Waals surface area contributed by atoms with Gasteiger partial charge < -0.3 is 0 Å². The predicted molar refractivity (Wildman–Crippen MR) is 123 cm³/mol. The van der Waals surface area contributed by atoms with E-state index in [1.165, 1.54) is 10.0 Å². The van der Waals surface area contributed by atoms with Crippen LogP contribution in [0.3, 0.4) is 0 Å². The first-order chi connectivity index (χ1) is 14.8. The summed E-state index contributed by atoms with van der Waals surface area (Å²) in [6, 6.07) is 32.9. The summed E-state index contributed by atoms with van der Waals surface area (Å²) in [5.74, 6) is 0.290. The summed E-state index contributed by atoms with van der Waals surface area (Å²) in [4.78, 5) is 5.02. The Morgan fingerprint density at radius 2 is 1.43 bits per heavy atom. The van der Waals surface area contributed by atoms with Crippen LogP contribution in [0.15, 0.2) is 103 Å². The molecule has 3 nitrogen and oxygen atoms in total. The minimum absolute atomic E-state index is 0.0299. The summed E-state index contributed by atoms with van der Waals surface area (Å²) in [5.41, 5.74) is 4.98. The van der Waals surface area contributed by atoms with Crippen LogP contribution in [0.25, 0.3) is 16.8 Å². The fourth-order valence-electron chi connectivity index (χ4n) is 3.55. The third-order valence-electron chi connectivity index (χ3n) is 5.04. The molecule has 2 heterocycles. The molecule has 2 aromatic heterocycles. The average Bonchev–Trinajstić information content (AvgIpc) is 3.11. The van der Waals surface area contributed by atoms with Crippen molar-refractivity contribution in [3.8, 4) is 17.1 Å². The Morgan fingerprint density at radius 3 is 2.13 bits per heavy atom. The summed E-state index contributed by atoms with van der Waals surface area (Å²) in [5, 5.41) is 11.1. The maximum atomic E-state index is 11.1. The van der Waals surface area contributed by atoms with Crippen molar-refractivity contribution in [3.05, 3.63) is 114 Å². The molecule has 0 fully saturated rings. The summed E-state index contributed by atoms with van der Waals surface area (Å²) >= 11 is 0.0299. The predicted octanol–water partition coefficient (Wildman–Crippen LogP) is 3.95. The molecule has 5 rings (SSSR count). The van der Waals surface area contributed by atoms with Crippen molar-refractivity contribution in [3.63, 3.8) is 0 Å². The van der Waals surface area contributed by atoms with Gasteiger partial charge in [0.05, 0.1) is 0 Å². The molecule has 1 N–H and O–H groups in total. The third kappa shape index (κ3) is 3.75. The van der Waals surface area contributed by atoms with Crippen molar-refractivity contribution in [2.24, 2.45) is 0 Å². The Kier molecular flexibility index (Phi) is 5.10. The molecule has 3 aromatic carbocycles. The van der Waals surface area contributed by atoms with E-state index in [0.717, 1.165) is 26.9 Å². The maximum absolute atomic E-state index is 11.1. The van der Waals surface area contributed by atoms with Gasteiger partial charge in [-0.05, 0) is 0 Å². The second kappa shape index (κ2) is 8.19. The minimum atomic E-state index is 0.0299. The van der Waals surface area contributed by atoms with Gasteiger partial charge in [-0.25, -0.2) is 0 Å². The zero-order valence-corrected chi connectivity index (χ0v) is 18.0. The number of nitrogens with zero attached hydrogens (tertiary/aromatic N) is 2. The van der Waals surface area contributed by atoms with Crippen LogP contribution >= 0.6 is 0 Å². The number of aromatic hydroxyl groups is 1. The number of aromatic nitrogens is 2. The van der Waals surface area contributed by atoms with Crippen LogP contribution in [-0.4, -0.2) is 29.4 Å². The van der Waals surface area contributed by atoms with Crippen molar-refractivity contribution >= 4 is 29.5 Å². The van der Waals surface area contributed by atoms with Gasteiger partial charge >= 0.3 is 182 Å². The van der Waals surface area contributed by atoms with E-state index in [9.17, 15) is 5.11 Å². The zero-order valence-electron chi connectivity index (χ0n) is 16.3. The van der Waals surface area contributed by atoms with Gasteiger partial charge in [0.25, 0.3) is 0 Å². The monoisotopic (exact) mass is 456 g/mol. The van der Waals surface area contributed by atoms with Gasteiger partial charge in [0.2, 0.25) is 0 Å². The molecule has 0 aliphatic rings. The first-order valence-electron chi connectivity index (χ1n) is 9.84. The van der Waals surface area contributed by atoms with Gasteiger partial charge in [0.15, 0.2) is 0 Å². The molecule has 0 amide bonds. The molecule has 30 heavy (non-hydrogen) atoms. The quantitative estimate of drug-likeness (QED) is 0.408. The third-order valence-corrected chi connectivity index (χ3v) is 7.14. The summed E-state index contributed by atoms with van der Waals surface area (Å²) in [6.45, 7) is 0. The summed E-state index contributed by atoms with van der Waals surface area (Å²) in [6.07, 6.45) is 2.63. The van der Waals surface area contributed by atoms with Crippen LogP contribution in [0.2, 0.25) is 0 Å². The van der Waals surface area contributed by atoms with Crippen LogP contribution in [-0.2, 0) is 6.42 Å². The molecule has 0 saturated heterocycles. The second-order valence-corrected chi connectivity index (χ2v) is 9.35. The molecule has 0 aliphatic heterocycles. The molecule has 0 spiro atoms. The van der Waals surface area contributed by atoms with Gasteiger partial charge in [0, 0.05) is 0 Å². The normalized spacial score (nSPS) is 11.1. The zero-order chi connectivity index (χ0) is 20.3. The van der Waals surface area contributed by atoms with Gasteiger partial charge in [-0.15, -0.1) is 0 Å². The Morgan fingerprint density at radius 1 is 0.800 bits per heavy atom. The van der Waals surface area contributed by atoms with E-state index in [2.05, 4.69) is 54.6 Å². The number of fused-ring (bicyclic) bond motifs is 1. The first-order valence-corrected chi connectivity index (χ1v) is 11.6. The number of benzene rings is 3. The van der Waals surface area contributed by atoms with Crippen molar-refractivity contribution < 1.29 is 5.11 Å². The molecule has 146 valence electrons. The van der Waals surface area contributed by atoms with E-state index >= 15 is 0 Å². The van der Waals surface area contributed by atoms with E-state index in [1.54, 1.807) is 0 Å². The van der Waals surface area contributed by atoms with Crippen molar-refractivity contribution in [2.75, 3.05) is 0 Å². The first kappa shape index (κ1) is 18.7. The second-order valence-electron chi connectivity index (χ2n) is 7.12. The Hall–Kier alpha value is -3.33. The van der Waals surface area contributed by atoms with E-state index in [4.69, 9.17) is 4.98 Å². The van der Waals surface area contributed by atoms with Crippen molar-refractivity contribution in [1.82, 2.24) is 9.38 Å². The summed E-state index contributed by atoms with van der Waals surface area (Å²) < 4.78 is 4.17. The van der Waals surface area contributed by atoms with Crippen molar-refractivity contribution in [2.45, 2.75) is 6.42 Å². The van der Waals surface area contributed by atoms with Crippen LogP contribution < -0.4 is 9.05 Å². The molecular formula is C26H20N2OSe. The molecule has 0 aliphatic carbocycles. The van der Waals surface area contributed by atoms with E-state index in [1.807, 2.05) is 53.1 Å². The van der Waals surface area contributed by atoms with Crippen LogP contribution in [0.1, 0.15) is 11.1 Å². The molecule has 5 aromatic rings. The van der Waals surface area contributed by atoms with Crippen LogP contribution in [0, 0.1) is 0 Å². The Bertz CT molecular complexity index is 1280. The fourth-order valence-corrected chi connectivity index (χ4v) is 5.49. The number of hydrogen-bond acceptors (Lipinski definition) is 2. The Labute approximate surface area is 181 Å². The van der Waals surface area contributed by atoms with Gasteiger partial charge in [-0.3, -0.25) is 0 Å². The molecule has 0 atom stereocenters. The average molecular weight is 455 g/mol. The SMILES string of the molecule is Oc1c(Cc2ccccc2)cc2c([Se]c3ccccc3)nc(-c3ccccc3)cn12.